The number of ketones is 1. The number of Topliss-reactive ketones (excluding diaryl/α,β-unsaturated/α-hetero) is 1. The molecule has 0 amide bonds. The summed E-state index contributed by atoms with van der Waals surface area (Å²) in [6.45, 7) is 0. The van der Waals surface area contributed by atoms with E-state index in [2.05, 4.69) is 15.9 Å². The standard InChI is InChI=1S/C9H13BrO/c10-9-7-3-1-2-6(4-7)5-8(9)11/h6-7,9H,1-5H2/t6-,7+,9-/m1/s1. The van der Waals surface area contributed by atoms with Crippen molar-refractivity contribution in [2.24, 2.45) is 11.8 Å². The van der Waals surface area contributed by atoms with E-state index in [1.165, 1.54) is 25.7 Å². The van der Waals surface area contributed by atoms with Gasteiger partial charge in [-0.2, -0.15) is 0 Å². The van der Waals surface area contributed by atoms with Gasteiger partial charge in [0.05, 0.1) is 4.83 Å². The SMILES string of the molecule is O=C1C[C@@H]2CCC[C@@H](C2)[C@H]1Br. The van der Waals surface area contributed by atoms with Crippen molar-refractivity contribution in [3.05, 3.63) is 0 Å². The molecule has 2 aliphatic rings. The lowest BCUT2D eigenvalue weighted by Gasteiger charge is -2.36. The lowest BCUT2D eigenvalue weighted by atomic mass is 9.72. The van der Waals surface area contributed by atoms with E-state index in [4.69, 9.17) is 0 Å². The van der Waals surface area contributed by atoms with E-state index in [0.29, 0.717) is 11.7 Å². The third-order valence-corrected chi connectivity index (χ3v) is 4.29. The molecule has 2 heteroatoms. The third kappa shape index (κ3) is 1.37. The van der Waals surface area contributed by atoms with Crippen molar-refractivity contribution in [1.29, 1.82) is 0 Å². The van der Waals surface area contributed by atoms with Crippen LogP contribution in [0, 0.1) is 11.8 Å². The van der Waals surface area contributed by atoms with Gasteiger partial charge in [0.15, 0.2) is 0 Å². The summed E-state index contributed by atoms with van der Waals surface area (Å²) in [6, 6.07) is 0. The van der Waals surface area contributed by atoms with Crippen LogP contribution in [0.5, 0.6) is 0 Å². The van der Waals surface area contributed by atoms with Crippen molar-refractivity contribution >= 4 is 21.7 Å². The molecule has 0 aromatic heterocycles. The average Bonchev–Trinajstić information content (AvgIpc) is 2.01. The molecular formula is C9H13BrO. The molecule has 0 heterocycles. The second-order valence-corrected chi connectivity index (χ2v) is 4.85. The second kappa shape index (κ2) is 2.89. The van der Waals surface area contributed by atoms with Crippen LogP contribution in [0.2, 0.25) is 0 Å². The van der Waals surface area contributed by atoms with Gasteiger partial charge in [0.25, 0.3) is 0 Å². The molecule has 2 bridgehead atoms. The highest BCUT2D eigenvalue weighted by Crippen LogP contribution is 2.40. The number of rotatable bonds is 0. The summed E-state index contributed by atoms with van der Waals surface area (Å²) in [6.07, 6.45) is 6.03. The van der Waals surface area contributed by atoms with Gasteiger partial charge in [-0.05, 0) is 24.7 Å². The summed E-state index contributed by atoms with van der Waals surface area (Å²) in [5.74, 6) is 1.84. The molecule has 0 radical (unpaired) electrons. The van der Waals surface area contributed by atoms with E-state index < -0.39 is 0 Å². The molecular weight excluding hydrogens is 204 g/mol. The first-order chi connectivity index (χ1) is 5.27. The largest absolute Gasteiger partial charge is 0.298 e. The Labute approximate surface area is 75.7 Å². The number of carbonyl (C=O) groups is 1. The molecule has 62 valence electrons. The lowest BCUT2D eigenvalue weighted by molar-refractivity contribution is -0.123. The Morgan fingerprint density at radius 3 is 3.00 bits per heavy atom. The van der Waals surface area contributed by atoms with Gasteiger partial charge in [0.1, 0.15) is 5.78 Å². The highest BCUT2D eigenvalue weighted by atomic mass is 79.9. The van der Waals surface area contributed by atoms with Crippen molar-refractivity contribution in [3.63, 3.8) is 0 Å². The van der Waals surface area contributed by atoms with Crippen molar-refractivity contribution < 1.29 is 4.79 Å². The molecule has 3 atom stereocenters. The first-order valence-electron chi connectivity index (χ1n) is 4.44. The van der Waals surface area contributed by atoms with Gasteiger partial charge in [-0.15, -0.1) is 0 Å². The average molecular weight is 217 g/mol. The molecule has 0 aliphatic heterocycles. The fraction of sp³-hybridized carbons (Fsp3) is 0.889. The Hall–Kier alpha value is 0.150. The first-order valence-corrected chi connectivity index (χ1v) is 5.35. The second-order valence-electron chi connectivity index (χ2n) is 3.86. The number of hydrogen-bond donors (Lipinski definition) is 0. The van der Waals surface area contributed by atoms with E-state index in [9.17, 15) is 4.79 Å². The van der Waals surface area contributed by atoms with Crippen LogP contribution in [0.25, 0.3) is 0 Å². The Balaban J connectivity index is 2.11. The molecule has 2 saturated carbocycles. The summed E-state index contributed by atoms with van der Waals surface area (Å²) in [5.41, 5.74) is 0. The fourth-order valence-electron chi connectivity index (χ4n) is 2.44. The van der Waals surface area contributed by atoms with Gasteiger partial charge in [0.2, 0.25) is 0 Å². The van der Waals surface area contributed by atoms with Crippen LogP contribution in [0.4, 0.5) is 0 Å². The third-order valence-electron chi connectivity index (χ3n) is 3.03. The number of fused-ring (bicyclic) bond motifs is 2. The van der Waals surface area contributed by atoms with E-state index in [0.717, 1.165) is 12.3 Å². The van der Waals surface area contributed by atoms with E-state index >= 15 is 0 Å². The fourth-order valence-corrected chi connectivity index (χ4v) is 3.11. The maximum absolute atomic E-state index is 11.4. The van der Waals surface area contributed by atoms with Gasteiger partial charge >= 0.3 is 0 Å². The number of halogens is 1. The summed E-state index contributed by atoms with van der Waals surface area (Å²) >= 11 is 3.49. The zero-order valence-corrected chi connectivity index (χ0v) is 8.14. The molecule has 0 N–H and O–H groups in total. The molecule has 2 aliphatic carbocycles. The highest BCUT2D eigenvalue weighted by molar-refractivity contribution is 9.10. The molecule has 0 saturated heterocycles. The van der Waals surface area contributed by atoms with Gasteiger partial charge in [-0.25, -0.2) is 0 Å². The van der Waals surface area contributed by atoms with Crippen LogP contribution in [0.3, 0.4) is 0 Å². The van der Waals surface area contributed by atoms with E-state index in [1.807, 2.05) is 0 Å². The van der Waals surface area contributed by atoms with Crippen LogP contribution in [0.15, 0.2) is 0 Å². The summed E-state index contributed by atoms with van der Waals surface area (Å²) in [5, 5.41) is 0. The summed E-state index contributed by atoms with van der Waals surface area (Å²) < 4.78 is 0. The van der Waals surface area contributed by atoms with Crippen LogP contribution < -0.4 is 0 Å². The van der Waals surface area contributed by atoms with Crippen LogP contribution in [-0.2, 0) is 4.79 Å². The molecule has 11 heavy (non-hydrogen) atoms. The monoisotopic (exact) mass is 216 g/mol. The minimum Gasteiger partial charge on any atom is -0.298 e. The molecule has 0 spiro atoms. The van der Waals surface area contributed by atoms with Crippen molar-refractivity contribution in [3.8, 4) is 0 Å². The summed E-state index contributed by atoms with van der Waals surface area (Å²) in [4.78, 5) is 11.6. The zero-order valence-electron chi connectivity index (χ0n) is 6.55. The predicted octanol–water partition coefficient (Wildman–Crippen LogP) is 2.53. The van der Waals surface area contributed by atoms with Gasteiger partial charge < -0.3 is 0 Å². The van der Waals surface area contributed by atoms with Crippen LogP contribution >= 0.6 is 15.9 Å². The van der Waals surface area contributed by atoms with Crippen molar-refractivity contribution in [2.75, 3.05) is 0 Å². The first kappa shape index (κ1) is 7.78. The number of hydrogen-bond acceptors (Lipinski definition) is 1. The van der Waals surface area contributed by atoms with Crippen molar-refractivity contribution in [2.45, 2.75) is 36.9 Å². The maximum Gasteiger partial charge on any atom is 0.147 e. The lowest BCUT2D eigenvalue weighted by Crippen LogP contribution is -2.36. The normalized spacial score (nSPS) is 44.1. The minimum absolute atomic E-state index is 0.194. The quantitative estimate of drug-likeness (QED) is 0.570. The van der Waals surface area contributed by atoms with E-state index in [-0.39, 0.29) is 4.83 Å². The van der Waals surface area contributed by atoms with Crippen LogP contribution in [0.1, 0.15) is 32.1 Å². The van der Waals surface area contributed by atoms with Crippen LogP contribution in [-0.4, -0.2) is 10.6 Å². The Morgan fingerprint density at radius 1 is 1.36 bits per heavy atom. The van der Waals surface area contributed by atoms with Gasteiger partial charge in [0, 0.05) is 6.42 Å². The smallest absolute Gasteiger partial charge is 0.147 e. The predicted molar refractivity (Wildman–Crippen MR) is 47.8 cm³/mol. The molecule has 0 aromatic rings. The molecule has 2 rings (SSSR count). The topological polar surface area (TPSA) is 17.1 Å². The van der Waals surface area contributed by atoms with Gasteiger partial charge in [-0.1, -0.05) is 28.8 Å². The Morgan fingerprint density at radius 2 is 2.18 bits per heavy atom. The van der Waals surface area contributed by atoms with Crippen molar-refractivity contribution in [1.82, 2.24) is 0 Å². The van der Waals surface area contributed by atoms with Gasteiger partial charge in [-0.3, -0.25) is 4.79 Å². The molecule has 2 fully saturated rings. The zero-order chi connectivity index (χ0) is 7.84. The Bertz CT molecular complexity index is 178. The summed E-state index contributed by atoms with van der Waals surface area (Å²) in [7, 11) is 0. The molecule has 0 unspecified atom stereocenters. The maximum atomic E-state index is 11.4. The number of carbonyl (C=O) groups excluding carboxylic acids is 1. The molecule has 0 aromatic carbocycles. The highest BCUT2D eigenvalue weighted by Gasteiger charge is 2.36. The minimum atomic E-state index is 0.194. The number of alkyl halides is 1. The van der Waals surface area contributed by atoms with E-state index in [1.54, 1.807) is 0 Å². The molecule has 1 nitrogen and oxygen atoms in total. The Kier molecular flexibility index (Phi) is 2.04.